The minimum absolute atomic E-state index is 0.0589. The summed E-state index contributed by atoms with van der Waals surface area (Å²) in [5.41, 5.74) is 7.11. The number of amides is 2. The van der Waals surface area contributed by atoms with E-state index in [-0.39, 0.29) is 5.91 Å². The van der Waals surface area contributed by atoms with E-state index >= 15 is 0 Å². The number of fused-ring (bicyclic) bond motifs is 1. The lowest BCUT2D eigenvalue weighted by Gasteiger charge is -2.29. The van der Waals surface area contributed by atoms with E-state index < -0.39 is 5.91 Å². The third-order valence-electron chi connectivity index (χ3n) is 3.16. The molecule has 96 valence electrons. The van der Waals surface area contributed by atoms with Crippen LogP contribution < -0.4 is 5.73 Å². The van der Waals surface area contributed by atoms with Crippen LogP contribution in [0.5, 0.6) is 0 Å². The zero-order valence-electron chi connectivity index (χ0n) is 10.3. The zero-order chi connectivity index (χ0) is 13.1. The summed E-state index contributed by atoms with van der Waals surface area (Å²) in [6, 6.07) is 5.10. The molecule has 1 aromatic carbocycles. The van der Waals surface area contributed by atoms with Gasteiger partial charge >= 0.3 is 0 Å². The normalized spacial score (nSPS) is 14.5. The first-order chi connectivity index (χ1) is 8.65. The van der Waals surface area contributed by atoms with Crippen LogP contribution in [-0.4, -0.2) is 43.5 Å². The number of carbonyl (C=O) groups is 2. The van der Waals surface area contributed by atoms with Gasteiger partial charge in [0.1, 0.15) is 0 Å². The van der Waals surface area contributed by atoms with Crippen molar-refractivity contribution in [3.05, 3.63) is 34.9 Å². The van der Waals surface area contributed by atoms with Gasteiger partial charge in [0.25, 0.3) is 5.91 Å². The van der Waals surface area contributed by atoms with Crippen molar-refractivity contribution < 1.29 is 14.3 Å². The van der Waals surface area contributed by atoms with Crippen LogP contribution in [0.15, 0.2) is 18.2 Å². The average molecular weight is 248 g/mol. The van der Waals surface area contributed by atoms with Gasteiger partial charge in [0.15, 0.2) is 0 Å². The second kappa shape index (κ2) is 5.18. The molecule has 1 heterocycles. The first kappa shape index (κ1) is 12.6. The molecule has 0 aromatic heterocycles. The summed E-state index contributed by atoms with van der Waals surface area (Å²) in [7, 11) is 1.60. The summed E-state index contributed by atoms with van der Waals surface area (Å²) >= 11 is 0. The number of nitrogens with two attached hydrogens (primary N) is 1. The summed E-state index contributed by atoms with van der Waals surface area (Å²) in [6.45, 7) is 1.67. The highest BCUT2D eigenvalue weighted by molar-refractivity contribution is 6.02. The molecule has 2 amide bonds. The predicted molar refractivity (Wildman–Crippen MR) is 66.4 cm³/mol. The molecule has 1 aromatic rings. The quantitative estimate of drug-likeness (QED) is 0.839. The Hall–Kier alpha value is -1.88. The topological polar surface area (TPSA) is 72.6 Å². The molecule has 5 heteroatoms. The van der Waals surface area contributed by atoms with Gasteiger partial charge < -0.3 is 15.4 Å². The molecular formula is C13H16N2O3. The number of carbonyl (C=O) groups excluding carboxylic acids is 2. The average Bonchev–Trinajstić information content (AvgIpc) is 2.37. The highest BCUT2D eigenvalue weighted by Gasteiger charge is 2.26. The van der Waals surface area contributed by atoms with Crippen LogP contribution in [0.1, 0.15) is 26.3 Å². The van der Waals surface area contributed by atoms with E-state index in [0.29, 0.717) is 37.2 Å². The third kappa shape index (κ3) is 2.22. The maximum atomic E-state index is 12.2. The van der Waals surface area contributed by atoms with Gasteiger partial charge in [0.2, 0.25) is 5.91 Å². The van der Waals surface area contributed by atoms with E-state index in [2.05, 4.69) is 0 Å². The van der Waals surface area contributed by atoms with Crippen molar-refractivity contribution >= 4 is 11.8 Å². The van der Waals surface area contributed by atoms with Gasteiger partial charge in [0, 0.05) is 31.3 Å². The molecule has 0 spiro atoms. The smallest absolute Gasteiger partial charge is 0.254 e. The lowest BCUT2D eigenvalue weighted by molar-refractivity contribution is 0.0678. The Morgan fingerprint density at radius 2 is 2.28 bits per heavy atom. The largest absolute Gasteiger partial charge is 0.383 e. The van der Waals surface area contributed by atoms with Crippen molar-refractivity contribution in [2.24, 2.45) is 5.73 Å². The van der Waals surface area contributed by atoms with E-state index in [0.717, 1.165) is 5.56 Å². The van der Waals surface area contributed by atoms with E-state index in [4.69, 9.17) is 10.5 Å². The second-order valence-electron chi connectivity index (χ2n) is 4.23. The Kier molecular flexibility index (Phi) is 3.62. The lowest BCUT2D eigenvalue weighted by atomic mass is 9.93. The molecule has 1 aliphatic rings. The van der Waals surface area contributed by atoms with E-state index in [1.807, 2.05) is 0 Å². The monoisotopic (exact) mass is 248 g/mol. The van der Waals surface area contributed by atoms with Gasteiger partial charge in [-0.3, -0.25) is 9.59 Å². The minimum Gasteiger partial charge on any atom is -0.383 e. The summed E-state index contributed by atoms with van der Waals surface area (Å²) in [5, 5.41) is 0. The van der Waals surface area contributed by atoms with Gasteiger partial charge in [-0.25, -0.2) is 0 Å². The fraction of sp³-hybridized carbons (Fsp3) is 0.385. The number of primary amides is 1. The Bertz CT molecular complexity index is 485. The molecule has 18 heavy (non-hydrogen) atoms. The molecule has 0 saturated heterocycles. The number of rotatable bonds is 4. The van der Waals surface area contributed by atoms with Crippen molar-refractivity contribution in [2.75, 3.05) is 26.8 Å². The van der Waals surface area contributed by atoms with Crippen LogP contribution in [0, 0.1) is 0 Å². The van der Waals surface area contributed by atoms with Crippen molar-refractivity contribution in [1.82, 2.24) is 4.90 Å². The Balaban J connectivity index is 2.30. The van der Waals surface area contributed by atoms with Crippen LogP contribution in [0.25, 0.3) is 0 Å². The minimum atomic E-state index is -0.481. The Labute approximate surface area is 106 Å². The highest BCUT2D eigenvalue weighted by Crippen LogP contribution is 2.22. The van der Waals surface area contributed by atoms with Crippen LogP contribution in [0.4, 0.5) is 0 Å². The van der Waals surface area contributed by atoms with Gasteiger partial charge in [-0.05, 0) is 24.1 Å². The van der Waals surface area contributed by atoms with E-state index in [1.54, 1.807) is 30.2 Å². The van der Waals surface area contributed by atoms with Crippen molar-refractivity contribution in [3.63, 3.8) is 0 Å². The number of nitrogens with zero attached hydrogens (tertiary/aromatic N) is 1. The number of methoxy groups -OCH3 is 1. The van der Waals surface area contributed by atoms with Gasteiger partial charge in [-0.2, -0.15) is 0 Å². The number of hydrogen-bond donors (Lipinski definition) is 1. The molecule has 5 nitrogen and oxygen atoms in total. The molecule has 0 unspecified atom stereocenters. The van der Waals surface area contributed by atoms with E-state index in [1.165, 1.54) is 0 Å². The van der Waals surface area contributed by atoms with Crippen LogP contribution in [0.2, 0.25) is 0 Å². The highest BCUT2D eigenvalue weighted by atomic mass is 16.5. The number of ether oxygens (including phenoxy) is 1. The molecule has 2 rings (SSSR count). The summed E-state index contributed by atoms with van der Waals surface area (Å²) < 4.78 is 4.97. The molecule has 1 aliphatic heterocycles. The summed E-state index contributed by atoms with van der Waals surface area (Å²) in [4.78, 5) is 25.3. The van der Waals surface area contributed by atoms with Crippen molar-refractivity contribution in [1.29, 1.82) is 0 Å². The number of hydrogen-bond acceptors (Lipinski definition) is 3. The summed E-state index contributed by atoms with van der Waals surface area (Å²) in [6.07, 6.45) is 0.657. The first-order valence-corrected chi connectivity index (χ1v) is 5.85. The van der Waals surface area contributed by atoms with Gasteiger partial charge in [-0.1, -0.05) is 6.07 Å². The van der Waals surface area contributed by atoms with Crippen molar-refractivity contribution in [3.8, 4) is 0 Å². The molecular weight excluding hydrogens is 232 g/mol. The molecule has 0 radical (unpaired) electrons. The number of benzene rings is 1. The van der Waals surface area contributed by atoms with Gasteiger partial charge in [0.05, 0.1) is 6.61 Å². The lowest BCUT2D eigenvalue weighted by Crippen LogP contribution is -2.40. The molecule has 0 aliphatic carbocycles. The van der Waals surface area contributed by atoms with Crippen LogP contribution in [-0.2, 0) is 11.2 Å². The van der Waals surface area contributed by atoms with Crippen LogP contribution in [0.3, 0.4) is 0 Å². The molecule has 0 bridgehead atoms. The summed E-state index contributed by atoms with van der Waals surface area (Å²) in [5.74, 6) is -0.540. The molecule has 0 fully saturated rings. The molecule has 2 N–H and O–H groups in total. The van der Waals surface area contributed by atoms with Gasteiger partial charge in [-0.15, -0.1) is 0 Å². The molecule has 0 atom stereocenters. The Morgan fingerprint density at radius 3 is 2.94 bits per heavy atom. The fourth-order valence-corrected chi connectivity index (χ4v) is 2.22. The zero-order valence-corrected chi connectivity index (χ0v) is 10.3. The maximum absolute atomic E-state index is 12.2. The van der Waals surface area contributed by atoms with E-state index in [9.17, 15) is 9.59 Å². The van der Waals surface area contributed by atoms with Crippen LogP contribution >= 0.6 is 0 Å². The Morgan fingerprint density at radius 1 is 1.50 bits per heavy atom. The standard InChI is InChI=1S/C13H16N2O3/c1-18-8-7-15-6-5-9-10(12(14)16)3-2-4-11(9)13(15)17/h2-4H,5-8H2,1H3,(H2,14,16). The fourth-order valence-electron chi connectivity index (χ4n) is 2.22. The maximum Gasteiger partial charge on any atom is 0.254 e. The molecule has 0 saturated carbocycles. The second-order valence-corrected chi connectivity index (χ2v) is 4.23. The third-order valence-corrected chi connectivity index (χ3v) is 3.16. The first-order valence-electron chi connectivity index (χ1n) is 5.85. The van der Waals surface area contributed by atoms with Crippen molar-refractivity contribution in [2.45, 2.75) is 6.42 Å². The predicted octanol–water partition coefficient (Wildman–Crippen LogP) is 0.430. The SMILES string of the molecule is COCCN1CCc2c(C(N)=O)cccc2C1=O.